The lowest BCUT2D eigenvalue weighted by Gasteiger charge is -2.07. The molecule has 0 aliphatic carbocycles. The normalized spacial score (nSPS) is 11.4. The van der Waals surface area contributed by atoms with E-state index >= 15 is 0 Å². The van der Waals surface area contributed by atoms with Crippen LogP contribution in [0.4, 0.5) is 0 Å². The van der Waals surface area contributed by atoms with Crippen molar-refractivity contribution in [2.45, 2.75) is 27.7 Å². The number of nitrogens with zero attached hydrogens (tertiary/aromatic N) is 2. The van der Waals surface area contributed by atoms with Crippen LogP contribution >= 0.6 is 34.4 Å². The summed E-state index contributed by atoms with van der Waals surface area (Å²) in [5.41, 5.74) is 12.2. The lowest BCUT2D eigenvalue weighted by atomic mass is 10.0. The van der Waals surface area contributed by atoms with Gasteiger partial charge in [-0.05, 0) is 85.3 Å². The molecule has 35 heavy (non-hydrogen) atoms. The highest BCUT2D eigenvalue weighted by Crippen LogP contribution is 2.43. The topological polar surface area (TPSA) is 25.8 Å². The second kappa shape index (κ2) is 8.83. The van der Waals surface area contributed by atoms with Crippen LogP contribution in [-0.4, -0.2) is 8.75 Å². The number of aromatic nitrogens is 2. The third-order valence-electron chi connectivity index (χ3n) is 6.61. The van der Waals surface area contributed by atoms with Crippen LogP contribution in [0.1, 0.15) is 22.3 Å². The number of rotatable bonds is 4. The first kappa shape index (κ1) is 22.4. The van der Waals surface area contributed by atoms with Crippen LogP contribution in [0.2, 0.25) is 0 Å². The maximum atomic E-state index is 4.73. The molecule has 0 radical (unpaired) electrons. The first-order chi connectivity index (χ1) is 17.0. The van der Waals surface area contributed by atoms with Gasteiger partial charge in [-0.1, -0.05) is 48.5 Å². The molecule has 0 fully saturated rings. The van der Waals surface area contributed by atoms with Crippen molar-refractivity contribution in [1.29, 1.82) is 0 Å². The molecule has 0 saturated carbocycles. The van der Waals surface area contributed by atoms with E-state index in [1.807, 2.05) is 22.7 Å². The number of hydrogen-bond donors (Lipinski definition) is 0. The van der Waals surface area contributed by atoms with E-state index < -0.39 is 0 Å². The summed E-state index contributed by atoms with van der Waals surface area (Å²) in [5, 5.41) is 0. The zero-order valence-electron chi connectivity index (χ0n) is 20.0. The van der Waals surface area contributed by atoms with Crippen LogP contribution in [0.5, 0.6) is 0 Å². The highest BCUT2D eigenvalue weighted by Gasteiger charge is 2.18. The van der Waals surface area contributed by atoms with E-state index in [9.17, 15) is 0 Å². The highest BCUT2D eigenvalue weighted by atomic mass is 32.1. The Morgan fingerprint density at radius 2 is 0.829 bits per heavy atom. The molecule has 0 aliphatic rings. The lowest BCUT2D eigenvalue weighted by Crippen LogP contribution is -1.84. The summed E-state index contributed by atoms with van der Waals surface area (Å²) in [6, 6.07) is 26.4. The Balaban J connectivity index is 1.42. The Labute approximate surface area is 217 Å². The number of hydrogen-bond acceptors (Lipinski definition) is 5. The molecular formula is C30H24N2S3. The van der Waals surface area contributed by atoms with Gasteiger partial charge in [0.1, 0.15) is 11.0 Å². The van der Waals surface area contributed by atoms with Crippen LogP contribution in [0, 0.1) is 27.7 Å². The van der Waals surface area contributed by atoms with Crippen molar-refractivity contribution < 1.29 is 0 Å². The number of thiophene rings is 2. The second-order valence-electron chi connectivity index (χ2n) is 8.98. The fourth-order valence-corrected chi connectivity index (χ4v) is 7.89. The molecule has 172 valence electrons. The smallest absolute Gasteiger partial charge is 0.114 e. The van der Waals surface area contributed by atoms with Crippen LogP contribution in [0.25, 0.3) is 52.8 Å². The van der Waals surface area contributed by atoms with Gasteiger partial charge in [-0.25, -0.2) is 0 Å². The third kappa shape index (κ3) is 3.84. The molecule has 0 unspecified atom stereocenters. The Bertz CT molecular complexity index is 1540. The van der Waals surface area contributed by atoms with Gasteiger partial charge >= 0.3 is 0 Å². The molecule has 0 N–H and O–H groups in total. The third-order valence-corrected chi connectivity index (χ3v) is 9.41. The Morgan fingerprint density at radius 1 is 0.457 bits per heavy atom. The van der Waals surface area contributed by atoms with E-state index in [4.69, 9.17) is 8.75 Å². The van der Waals surface area contributed by atoms with Gasteiger partial charge in [0.05, 0.1) is 11.7 Å². The zero-order valence-corrected chi connectivity index (χ0v) is 22.5. The molecule has 0 amide bonds. The molecule has 3 aromatic carbocycles. The molecule has 0 spiro atoms. The van der Waals surface area contributed by atoms with E-state index in [1.54, 1.807) is 0 Å². The quantitative estimate of drug-likeness (QED) is 0.237. The first-order valence-electron chi connectivity index (χ1n) is 11.6. The molecule has 0 bridgehead atoms. The summed E-state index contributed by atoms with van der Waals surface area (Å²) in [4.78, 5) is 5.06. The van der Waals surface area contributed by atoms with Crippen molar-refractivity contribution in [2.75, 3.05) is 0 Å². The summed E-state index contributed by atoms with van der Waals surface area (Å²) in [6.45, 7) is 8.75. The molecular weight excluding hydrogens is 485 g/mol. The van der Waals surface area contributed by atoms with Crippen LogP contribution in [0.15, 0.2) is 72.8 Å². The van der Waals surface area contributed by atoms with Crippen molar-refractivity contribution in [3.8, 4) is 41.8 Å². The van der Waals surface area contributed by atoms with E-state index in [0.717, 1.165) is 22.2 Å². The SMILES string of the molecule is Cc1cccc(C)c1-c1ccc(-c2ccc(-c3ccc(-c4c(C)cccc4C)s3)c3nsnc23)s1. The Hall–Kier alpha value is -3.12. The predicted molar refractivity (Wildman–Crippen MR) is 154 cm³/mol. The largest absolute Gasteiger partial charge is 0.172 e. The molecule has 6 aromatic rings. The molecule has 2 nitrogen and oxygen atoms in total. The van der Waals surface area contributed by atoms with Crippen LogP contribution < -0.4 is 0 Å². The Kier molecular flexibility index (Phi) is 5.64. The van der Waals surface area contributed by atoms with Gasteiger partial charge in [0.2, 0.25) is 0 Å². The number of aryl methyl sites for hydroxylation is 4. The standard InChI is InChI=1S/C30H24N2S3/c1-17-7-5-8-18(2)27(17)25-15-13-23(33-25)21-11-12-22(30-29(21)31-35-32-30)24-14-16-26(34-24)28-19(3)9-6-10-20(28)4/h5-16H,1-4H3. The Morgan fingerprint density at radius 3 is 1.23 bits per heavy atom. The zero-order chi connectivity index (χ0) is 24.1. The van der Waals surface area contributed by atoms with Crippen LogP contribution in [-0.2, 0) is 0 Å². The first-order valence-corrected chi connectivity index (χ1v) is 14.0. The van der Waals surface area contributed by atoms with Crippen molar-refractivity contribution in [3.63, 3.8) is 0 Å². The van der Waals surface area contributed by atoms with Gasteiger partial charge in [0, 0.05) is 30.6 Å². The molecule has 0 aliphatic heterocycles. The second-order valence-corrected chi connectivity index (χ2v) is 11.7. The molecule has 0 saturated heterocycles. The monoisotopic (exact) mass is 508 g/mol. The fourth-order valence-electron chi connectivity index (χ4n) is 4.90. The lowest BCUT2D eigenvalue weighted by molar-refractivity contribution is 1.39. The molecule has 3 aromatic heterocycles. The van der Waals surface area contributed by atoms with Crippen molar-refractivity contribution in [3.05, 3.63) is 95.1 Å². The van der Waals surface area contributed by atoms with E-state index in [1.165, 1.54) is 64.6 Å². The van der Waals surface area contributed by atoms with E-state index in [0.29, 0.717) is 0 Å². The minimum absolute atomic E-state index is 0.990. The molecule has 6 rings (SSSR count). The predicted octanol–water partition coefficient (Wildman–Crippen LogP) is 9.72. The summed E-state index contributed by atoms with van der Waals surface area (Å²) in [7, 11) is 0. The van der Waals surface area contributed by atoms with E-state index in [2.05, 4.69) is 100 Å². The highest BCUT2D eigenvalue weighted by molar-refractivity contribution is 7.19. The summed E-state index contributed by atoms with van der Waals surface area (Å²) >= 11 is 4.96. The van der Waals surface area contributed by atoms with Gasteiger partial charge in [-0.2, -0.15) is 8.75 Å². The molecule has 3 heterocycles. The van der Waals surface area contributed by atoms with Gasteiger partial charge in [0.25, 0.3) is 0 Å². The fraction of sp³-hybridized carbons (Fsp3) is 0.133. The van der Waals surface area contributed by atoms with Crippen molar-refractivity contribution in [1.82, 2.24) is 8.75 Å². The van der Waals surface area contributed by atoms with Crippen molar-refractivity contribution in [2.24, 2.45) is 0 Å². The maximum Gasteiger partial charge on any atom is 0.114 e. The van der Waals surface area contributed by atoms with Gasteiger partial charge < -0.3 is 0 Å². The minimum atomic E-state index is 0.990. The minimum Gasteiger partial charge on any atom is -0.172 e. The number of benzene rings is 3. The molecule has 0 atom stereocenters. The summed E-state index contributed by atoms with van der Waals surface area (Å²) < 4.78 is 9.47. The summed E-state index contributed by atoms with van der Waals surface area (Å²) in [5.74, 6) is 0. The number of fused-ring (bicyclic) bond motifs is 1. The van der Waals surface area contributed by atoms with Gasteiger partial charge in [0.15, 0.2) is 0 Å². The average Bonchev–Trinajstić information content (AvgIpc) is 3.60. The molecule has 5 heteroatoms. The van der Waals surface area contributed by atoms with Gasteiger partial charge in [-0.3, -0.25) is 0 Å². The average molecular weight is 509 g/mol. The summed E-state index contributed by atoms with van der Waals surface area (Å²) in [6.07, 6.45) is 0. The van der Waals surface area contributed by atoms with Gasteiger partial charge in [-0.15, -0.1) is 22.7 Å². The van der Waals surface area contributed by atoms with Crippen molar-refractivity contribution >= 4 is 45.4 Å². The van der Waals surface area contributed by atoms with Crippen LogP contribution in [0.3, 0.4) is 0 Å². The maximum absolute atomic E-state index is 4.73. The van der Waals surface area contributed by atoms with E-state index in [-0.39, 0.29) is 0 Å².